The Morgan fingerprint density at radius 1 is 1.02 bits per heavy atom. The third kappa shape index (κ3) is 7.48. The number of hydrogen-bond acceptors (Lipinski definition) is 9. The summed E-state index contributed by atoms with van der Waals surface area (Å²) < 4.78 is 28.6. The molecule has 2 fully saturated rings. The number of Topliss-reactive ketones (excluding diaryl/α,β-unsaturated/α-hetero) is 1. The van der Waals surface area contributed by atoms with Crippen LogP contribution in [0.1, 0.15) is 31.7 Å². The van der Waals surface area contributed by atoms with Gasteiger partial charge in [-0.15, -0.1) is 11.3 Å². The summed E-state index contributed by atoms with van der Waals surface area (Å²) in [5.41, 5.74) is 2.20. The van der Waals surface area contributed by atoms with Crippen molar-refractivity contribution in [1.82, 2.24) is 24.3 Å². The van der Waals surface area contributed by atoms with Crippen LogP contribution in [0.15, 0.2) is 49.1 Å². The van der Waals surface area contributed by atoms with Crippen LogP contribution in [-0.4, -0.2) is 81.3 Å². The molecule has 1 saturated carbocycles. The molecule has 10 nitrogen and oxygen atoms in total. The minimum Gasteiger partial charge on any atom is -0.456 e. The van der Waals surface area contributed by atoms with E-state index in [1.165, 1.54) is 24.3 Å². The first kappa shape index (κ1) is 29.9. The minimum atomic E-state index is -0.503. The number of hydrogen-bond donors (Lipinski definition) is 0. The van der Waals surface area contributed by atoms with Crippen molar-refractivity contribution in [2.75, 3.05) is 39.3 Å². The van der Waals surface area contributed by atoms with Gasteiger partial charge in [-0.2, -0.15) is 0 Å². The number of carbonyl (C=O) groups excluding carboxylic acids is 3. The van der Waals surface area contributed by atoms with Crippen molar-refractivity contribution in [3.05, 3.63) is 60.4 Å². The monoisotopic (exact) mass is 619 g/mol. The van der Waals surface area contributed by atoms with Crippen LogP contribution in [0.5, 0.6) is 11.5 Å². The summed E-state index contributed by atoms with van der Waals surface area (Å²) in [6, 6.07) is 8.39. The first-order valence-electron chi connectivity index (χ1n) is 14.8. The summed E-state index contributed by atoms with van der Waals surface area (Å²) >= 11 is 1.48. The van der Waals surface area contributed by atoms with Crippen molar-refractivity contribution in [2.24, 2.45) is 5.92 Å². The average molecular weight is 620 g/mol. The number of carbonyl (C=O) groups is 3. The number of rotatable bonds is 12. The summed E-state index contributed by atoms with van der Waals surface area (Å²) in [6.07, 6.45) is 8.49. The largest absolute Gasteiger partial charge is 0.456 e. The number of amides is 1. The SMILES string of the molecule is CC(=O)OCC(=O)N1CCN(CCn2cnc(-c3cc4nccc(Oc5ccc(CC(=O)CC6CC6)cc5F)c4s3)c2)CC1. The van der Waals surface area contributed by atoms with E-state index in [9.17, 15) is 18.8 Å². The molecular formula is C32H34FN5O5S. The quantitative estimate of drug-likeness (QED) is 0.210. The van der Waals surface area contributed by atoms with Crippen molar-refractivity contribution < 1.29 is 28.2 Å². The lowest BCUT2D eigenvalue weighted by atomic mass is 10.0. The number of ether oxygens (including phenoxy) is 2. The Hall–Kier alpha value is -4.16. The molecule has 230 valence electrons. The summed E-state index contributed by atoms with van der Waals surface area (Å²) in [6.45, 7) is 5.34. The molecule has 1 saturated heterocycles. The molecule has 0 atom stereocenters. The Bertz CT molecular complexity index is 1670. The molecule has 0 unspecified atom stereocenters. The first-order valence-corrected chi connectivity index (χ1v) is 15.6. The van der Waals surface area contributed by atoms with Crippen molar-refractivity contribution in [1.29, 1.82) is 0 Å². The van der Waals surface area contributed by atoms with Crippen LogP contribution >= 0.6 is 11.3 Å². The molecule has 1 aliphatic carbocycles. The molecule has 4 aromatic rings. The highest BCUT2D eigenvalue weighted by Crippen LogP contribution is 2.39. The Labute approximate surface area is 258 Å². The zero-order chi connectivity index (χ0) is 30.6. The fourth-order valence-corrected chi connectivity index (χ4v) is 6.29. The summed E-state index contributed by atoms with van der Waals surface area (Å²) in [5.74, 6) is 0.148. The predicted octanol–water partition coefficient (Wildman–Crippen LogP) is 4.71. The van der Waals surface area contributed by atoms with E-state index < -0.39 is 11.8 Å². The van der Waals surface area contributed by atoms with Gasteiger partial charge < -0.3 is 18.9 Å². The van der Waals surface area contributed by atoms with Crippen LogP contribution in [0.3, 0.4) is 0 Å². The number of fused-ring (bicyclic) bond motifs is 1. The lowest BCUT2D eigenvalue weighted by Gasteiger charge is -2.34. The van der Waals surface area contributed by atoms with E-state index in [2.05, 4.69) is 14.9 Å². The second kappa shape index (κ2) is 13.2. The van der Waals surface area contributed by atoms with E-state index in [-0.39, 0.29) is 30.5 Å². The highest BCUT2D eigenvalue weighted by molar-refractivity contribution is 7.22. The van der Waals surface area contributed by atoms with Gasteiger partial charge in [0.25, 0.3) is 5.91 Å². The number of pyridine rings is 1. The van der Waals surface area contributed by atoms with Crippen LogP contribution in [0, 0.1) is 11.7 Å². The van der Waals surface area contributed by atoms with E-state index in [0.29, 0.717) is 36.7 Å². The maximum atomic E-state index is 15.0. The van der Waals surface area contributed by atoms with Crippen LogP contribution in [0.2, 0.25) is 0 Å². The smallest absolute Gasteiger partial charge is 0.303 e. The number of thiophene rings is 1. The molecule has 3 aromatic heterocycles. The van der Waals surface area contributed by atoms with E-state index in [1.807, 2.05) is 16.8 Å². The molecule has 1 amide bonds. The van der Waals surface area contributed by atoms with Crippen LogP contribution in [-0.2, 0) is 32.1 Å². The highest BCUT2D eigenvalue weighted by Gasteiger charge is 2.25. The van der Waals surface area contributed by atoms with Gasteiger partial charge in [-0.1, -0.05) is 6.07 Å². The molecular weight excluding hydrogens is 585 g/mol. The van der Waals surface area contributed by atoms with Crippen molar-refractivity contribution >= 4 is 39.2 Å². The van der Waals surface area contributed by atoms with Gasteiger partial charge in [-0.3, -0.25) is 24.3 Å². The van der Waals surface area contributed by atoms with Crippen molar-refractivity contribution in [3.63, 3.8) is 0 Å². The fraction of sp³-hybridized carbons (Fsp3) is 0.406. The molecule has 0 bridgehead atoms. The van der Waals surface area contributed by atoms with Crippen molar-refractivity contribution in [2.45, 2.75) is 39.2 Å². The zero-order valence-electron chi connectivity index (χ0n) is 24.5. The second-order valence-corrected chi connectivity index (χ2v) is 12.4. The number of esters is 1. The van der Waals surface area contributed by atoms with Gasteiger partial charge in [0.15, 0.2) is 18.2 Å². The molecule has 12 heteroatoms. The molecule has 0 spiro atoms. The number of nitrogens with zero attached hydrogens (tertiary/aromatic N) is 5. The molecule has 1 aliphatic heterocycles. The average Bonchev–Trinajstić information content (AvgIpc) is 3.50. The Kier molecular flexibility index (Phi) is 8.99. The fourth-order valence-electron chi connectivity index (χ4n) is 5.26. The molecule has 0 N–H and O–H groups in total. The molecule has 0 radical (unpaired) electrons. The maximum absolute atomic E-state index is 15.0. The molecule has 1 aromatic carbocycles. The minimum absolute atomic E-state index is 0.102. The number of benzene rings is 1. The highest BCUT2D eigenvalue weighted by atomic mass is 32.1. The van der Waals surface area contributed by atoms with Gasteiger partial charge in [0.2, 0.25) is 0 Å². The summed E-state index contributed by atoms with van der Waals surface area (Å²) in [7, 11) is 0. The van der Waals surface area contributed by atoms with E-state index in [1.54, 1.807) is 35.6 Å². The van der Waals surface area contributed by atoms with Crippen LogP contribution in [0.25, 0.3) is 20.8 Å². The van der Waals surface area contributed by atoms with Gasteiger partial charge in [0.1, 0.15) is 11.5 Å². The summed E-state index contributed by atoms with van der Waals surface area (Å²) in [4.78, 5) is 49.3. The van der Waals surface area contributed by atoms with Gasteiger partial charge in [-0.25, -0.2) is 9.37 Å². The standard InChI is InChI=1S/C32H34FN5O5S/c1-21(39)42-19-31(41)38-12-10-36(11-13-38)8-9-37-18-27(35-20-37)30-17-26-32(44-30)29(6-7-34-26)43-28-5-4-23(16-25(28)33)15-24(40)14-22-2-3-22/h4-7,16-18,20,22H,2-3,8-15,19H2,1H3. The van der Waals surface area contributed by atoms with E-state index in [0.717, 1.165) is 59.8 Å². The topological polar surface area (TPSA) is 107 Å². The number of ketones is 1. The van der Waals surface area contributed by atoms with Gasteiger partial charge in [-0.05, 0) is 42.5 Å². The van der Waals surface area contributed by atoms with Gasteiger partial charge in [0.05, 0.1) is 27.1 Å². The normalized spacial score (nSPS) is 15.5. The molecule has 6 rings (SSSR count). The predicted molar refractivity (Wildman–Crippen MR) is 163 cm³/mol. The number of imidazole rings is 1. The van der Waals surface area contributed by atoms with E-state index >= 15 is 0 Å². The second-order valence-electron chi connectivity index (χ2n) is 11.4. The zero-order valence-corrected chi connectivity index (χ0v) is 25.4. The maximum Gasteiger partial charge on any atom is 0.303 e. The third-order valence-corrected chi connectivity index (χ3v) is 9.05. The number of aromatic nitrogens is 3. The van der Waals surface area contributed by atoms with Crippen LogP contribution in [0.4, 0.5) is 4.39 Å². The van der Waals surface area contributed by atoms with Crippen molar-refractivity contribution in [3.8, 4) is 22.1 Å². The van der Waals surface area contributed by atoms with Crippen LogP contribution < -0.4 is 4.74 Å². The Morgan fingerprint density at radius 3 is 2.59 bits per heavy atom. The molecule has 2 aliphatic rings. The Morgan fingerprint density at radius 2 is 1.84 bits per heavy atom. The summed E-state index contributed by atoms with van der Waals surface area (Å²) in [5, 5.41) is 0. The lowest BCUT2D eigenvalue weighted by molar-refractivity contribution is -0.151. The van der Waals surface area contributed by atoms with Gasteiger partial charge in [0, 0.05) is 77.5 Å². The Balaban J connectivity index is 1.05. The third-order valence-electron chi connectivity index (χ3n) is 7.89. The number of piperazine rings is 1. The number of halogens is 1. The molecule has 44 heavy (non-hydrogen) atoms. The van der Waals surface area contributed by atoms with Gasteiger partial charge >= 0.3 is 5.97 Å². The first-order chi connectivity index (χ1) is 21.3. The van der Waals surface area contributed by atoms with E-state index in [4.69, 9.17) is 9.47 Å². The lowest BCUT2D eigenvalue weighted by Crippen LogP contribution is -2.50. The molecule has 4 heterocycles.